The van der Waals surface area contributed by atoms with Crippen molar-refractivity contribution in [3.63, 3.8) is 0 Å². The number of thiazole rings is 1. The third-order valence-corrected chi connectivity index (χ3v) is 5.42. The lowest BCUT2D eigenvalue weighted by Crippen LogP contribution is -2.52. The van der Waals surface area contributed by atoms with Gasteiger partial charge in [-0.1, -0.05) is 6.92 Å². The molecule has 0 N–H and O–H groups in total. The average molecular weight is 388 g/mol. The molecule has 0 bridgehead atoms. The highest BCUT2D eigenvalue weighted by Gasteiger charge is 2.38. The summed E-state index contributed by atoms with van der Waals surface area (Å²) >= 11 is 1.56. The quantitative estimate of drug-likeness (QED) is 0.725. The van der Waals surface area contributed by atoms with Gasteiger partial charge in [0.05, 0.1) is 22.5 Å². The molecule has 6 nitrogen and oxygen atoms in total. The number of aromatic nitrogens is 1. The van der Waals surface area contributed by atoms with E-state index in [0.29, 0.717) is 11.4 Å². The summed E-state index contributed by atoms with van der Waals surface area (Å²) in [5.74, 6) is -0.114. The zero-order chi connectivity index (χ0) is 19.7. The first-order valence-electron chi connectivity index (χ1n) is 9.08. The molecule has 7 heteroatoms. The molecule has 0 fully saturated rings. The van der Waals surface area contributed by atoms with Gasteiger partial charge in [-0.05, 0) is 52.3 Å². The van der Waals surface area contributed by atoms with E-state index in [1.807, 2.05) is 44.4 Å². The second kappa shape index (κ2) is 7.68. The molecule has 0 spiro atoms. The lowest BCUT2D eigenvalue weighted by Gasteiger charge is -2.36. The third-order valence-electron chi connectivity index (χ3n) is 4.64. The summed E-state index contributed by atoms with van der Waals surface area (Å²) in [7, 11) is 0. The number of aryl methyl sites for hydroxylation is 1. The maximum absolute atomic E-state index is 12.8. The average Bonchev–Trinajstić information content (AvgIpc) is 3.08. The van der Waals surface area contributed by atoms with E-state index < -0.39 is 18.1 Å². The van der Waals surface area contributed by atoms with Gasteiger partial charge in [-0.3, -0.25) is 9.69 Å². The predicted molar refractivity (Wildman–Crippen MR) is 105 cm³/mol. The number of amides is 1. The van der Waals surface area contributed by atoms with Crippen molar-refractivity contribution in [3.05, 3.63) is 28.6 Å². The highest BCUT2D eigenvalue weighted by atomic mass is 32.1. The predicted octanol–water partition coefficient (Wildman–Crippen LogP) is 3.96. The minimum absolute atomic E-state index is 0.197. The largest absolute Gasteiger partial charge is 0.479 e. The Labute approximate surface area is 163 Å². The molecule has 0 saturated carbocycles. The van der Waals surface area contributed by atoms with Crippen molar-refractivity contribution in [3.8, 4) is 17.0 Å². The summed E-state index contributed by atoms with van der Waals surface area (Å²) in [5, 5.41) is 2.93. The number of ether oxygens (including phenoxy) is 2. The maximum Gasteiger partial charge on any atom is 0.329 e. The molecule has 0 aliphatic carbocycles. The van der Waals surface area contributed by atoms with Gasteiger partial charge in [0.15, 0.2) is 6.10 Å². The highest BCUT2D eigenvalue weighted by Crippen LogP contribution is 2.39. The second-order valence-electron chi connectivity index (χ2n) is 6.73. The summed E-state index contributed by atoms with van der Waals surface area (Å²) in [5.41, 5.74) is 2.27. The number of carbonyl (C=O) groups excluding carboxylic acids is 2. The summed E-state index contributed by atoms with van der Waals surface area (Å²) in [6.45, 7) is 9.10. The number of hydrogen-bond donors (Lipinski definition) is 0. The molecule has 1 amide bonds. The van der Waals surface area contributed by atoms with Crippen LogP contribution in [0.5, 0.6) is 5.75 Å². The van der Waals surface area contributed by atoms with Crippen LogP contribution in [0.1, 0.15) is 39.1 Å². The normalized spacial score (nSPS) is 18.5. The van der Waals surface area contributed by atoms with Crippen molar-refractivity contribution in [1.82, 2.24) is 4.98 Å². The van der Waals surface area contributed by atoms with Gasteiger partial charge in [-0.15, -0.1) is 11.3 Å². The van der Waals surface area contributed by atoms with E-state index >= 15 is 0 Å². The van der Waals surface area contributed by atoms with E-state index in [9.17, 15) is 9.59 Å². The Morgan fingerprint density at radius 2 is 2.15 bits per heavy atom. The molecule has 2 heterocycles. The fourth-order valence-corrected chi connectivity index (χ4v) is 3.52. The van der Waals surface area contributed by atoms with Gasteiger partial charge < -0.3 is 9.47 Å². The number of esters is 1. The van der Waals surface area contributed by atoms with Crippen LogP contribution in [-0.4, -0.2) is 35.1 Å². The Bertz CT molecular complexity index is 863. The van der Waals surface area contributed by atoms with Crippen LogP contribution in [0, 0.1) is 6.92 Å². The van der Waals surface area contributed by atoms with Crippen molar-refractivity contribution in [1.29, 1.82) is 0 Å². The van der Waals surface area contributed by atoms with Crippen LogP contribution in [0.2, 0.25) is 0 Å². The third kappa shape index (κ3) is 3.83. The summed E-state index contributed by atoms with van der Waals surface area (Å²) < 4.78 is 11.2. The standard InChI is InChI=1S/C20H24N2O4S/c1-6-11(2)25-20(24)12(3)22-17-9-15(16-10-27-14(5)21-16)7-8-18(17)26-13(4)19(22)23/h7-13H,6H2,1-5H3. The first kappa shape index (κ1) is 19.4. The maximum atomic E-state index is 12.8. The fourth-order valence-electron chi connectivity index (χ4n) is 2.90. The molecular formula is C20H24N2O4S. The Hall–Kier alpha value is -2.41. The van der Waals surface area contributed by atoms with Gasteiger partial charge in [-0.25, -0.2) is 9.78 Å². The van der Waals surface area contributed by atoms with E-state index in [2.05, 4.69) is 4.98 Å². The molecule has 1 aromatic heterocycles. The Morgan fingerprint density at radius 3 is 2.78 bits per heavy atom. The molecule has 3 unspecified atom stereocenters. The number of benzene rings is 1. The van der Waals surface area contributed by atoms with E-state index in [4.69, 9.17) is 9.47 Å². The number of anilines is 1. The second-order valence-corrected chi connectivity index (χ2v) is 7.80. The molecule has 1 aliphatic heterocycles. The molecular weight excluding hydrogens is 364 g/mol. The van der Waals surface area contributed by atoms with Crippen LogP contribution in [0.4, 0.5) is 5.69 Å². The lowest BCUT2D eigenvalue weighted by molar-refractivity contribution is -0.151. The van der Waals surface area contributed by atoms with Crippen LogP contribution in [0.25, 0.3) is 11.3 Å². The van der Waals surface area contributed by atoms with Gasteiger partial charge in [0.1, 0.15) is 11.8 Å². The van der Waals surface area contributed by atoms with Gasteiger partial charge in [0, 0.05) is 10.9 Å². The fraction of sp³-hybridized carbons (Fsp3) is 0.450. The zero-order valence-electron chi connectivity index (χ0n) is 16.2. The molecule has 2 aromatic rings. The smallest absolute Gasteiger partial charge is 0.329 e. The molecule has 3 atom stereocenters. The van der Waals surface area contributed by atoms with Crippen molar-refractivity contribution in [2.24, 2.45) is 0 Å². The van der Waals surface area contributed by atoms with Gasteiger partial charge in [-0.2, -0.15) is 0 Å². The summed E-state index contributed by atoms with van der Waals surface area (Å²) in [6, 6.07) is 4.84. The number of carbonyl (C=O) groups is 2. The minimum Gasteiger partial charge on any atom is -0.479 e. The molecule has 27 heavy (non-hydrogen) atoms. The van der Waals surface area contributed by atoms with Crippen LogP contribution in [0.3, 0.4) is 0 Å². The van der Waals surface area contributed by atoms with E-state index in [1.54, 1.807) is 25.2 Å². The van der Waals surface area contributed by atoms with Crippen molar-refractivity contribution >= 4 is 28.9 Å². The van der Waals surface area contributed by atoms with Crippen LogP contribution < -0.4 is 9.64 Å². The monoisotopic (exact) mass is 388 g/mol. The van der Waals surface area contributed by atoms with Gasteiger partial charge in [0.2, 0.25) is 0 Å². The minimum atomic E-state index is -0.746. The number of fused-ring (bicyclic) bond motifs is 1. The van der Waals surface area contributed by atoms with Crippen molar-refractivity contribution < 1.29 is 19.1 Å². The molecule has 144 valence electrons. The number of nitrogens with zero attached hydrogens (tertiary/aromatic N) is 2. The van der Waals surface area contributed by atoms with Crippen LogP contribution in [-0.2, 0) is 14.3 Å². The number of hydrogen-bond acceptors (Lipinski definition) is 6. The molecule has 0 saturated heterocycles. The Morgan fingerprint density at radius 1 is 1.41 bits per heavy atom. The molecule has 1 aliphatic rings. The Kier molecular flexibility index (Phi) is 5.51. The van der Waals surface area contributed by atoms with Crippen LogP contribution in [0.15, 0.2) is 23.6 Å². The van der Waals surface area contributed by atoms with Crippen molar-refractivity contribution in [2.45, 2.75) is 59.3 Å². The molecule has 0 radical (unpaired) electrons. The van der Waals surface area contributed by atoms with Crippen LogP contribution >= 0.6 is 11.3 Å². The Balaban J connectivity index is 1.99. The summed E-state index contributed by atoms with van der Waals surface area (Å²) in [6.07, 6.45) is -0.142. The first-order valence-corrected chi connectivity index (χ1v) is 9.96. The van der Waals surface area contributed by atoms with E-state index in [-0.39, 0.29) is 12.0 Å². The molecule has 1 aromatic carbocycles. The first-order chi connectivity index (χ1) is 12.8. The lowest BCUT2D eigenvalue weighted by atomic mass is 10.1. The molecule has 3 rings (SSSR count). The highest BCUT2D eigenvalue weighted by molar-refractivity contribution is 7.09. The number of rotatable bonds is 5. The van der Waals surface area contributed by atoms with E-state index in [0.717, 1.165) is 22.7 Å². The topological polar surface area (TPSA) is 68.7 Å². The van der Waals surface area contributed by atoms with Gasteiger partial charge in [0.25, 0.3) is 5.91 Å². The zero-order valence-corrected chi connectivity index (χ0v) is 17.0. The summed E-state index contributed by atoms with van der Waals surface area (Å²) in [4.78, 5) is 31.4. The van der Waals surface area contributed by atoms with E-state index in [1.165, 1.54) is 4.90 Å². The van der Waals surface area contributed by atoms with Gasteiger partial charge >= 0.3 is 5.97 Å². The van der Waals surface area contributed by atoms with Crippen molar-refractivity contribution in [2.75, 3.05) is 4.90 Å². The SMILES string of the molecule is CCC(C)OC(=O)C(C)N1C(=O)C(C)Oc2ccc(-c3csc(C)n3)cc21.